The Hall–Kier alpha value is -1.08. The maximum atomic E-state index is 12.6. The van der Waals surface area contributed by atoms with Crippen molar-refractivity contribution >= 4 is 58.2 Å². The summed E-state index contributed by atoms with van der Waals surface area (Å²) in [5.74, 6) is -0.376. The topological polar surface area (TPSA) is 29.1 Å². The van der Waals surface area contributed by atoms with E-state index >= 15 is 0 Å². The van der Waals surface area contributed by atoms with Crippen molar-refractivity contribution in [1.29, 1.82) is 0 Å². The van der Waals surface area contributed by atoms with Gasteiger partial charge >= 0.3 is 6.18 Å². The quantitative estimate of drug-likeness (QED) is 0.457. The van der Waals surface area contributed by atoms with E-state index in [0.29, 0.717) is 21.9 Å². The number of hydrogen-bond acceptors (Lipinski definition) is 2. The second-order valence-electron chi connectivity index (χ2n) is 4.93. The van der Waals surface area contributed by atoms with Gasteiger partial charge < -0.3 is 5.32 Å². The first-order valence-corrected chi connectivity index (χ1v) is 8.95. The van der Waals surface area contributed by atoms with E-state index in [1.54, 1.807) is 24.3 Å². The number of nitrogens with one attached hydrogen (secondary N) is 1. The summed E-state index contributed by atoms with van der Waals surface area (Å²) in [4.78, 5) is 12.5. The van der Waals surface area contributed by atoms with Crippen LogP contribution in [0, 0.1) is 0 Å². The molecule has 25 heavy (non-hydrogen) atoms. The maximum absolute atomic E-state index is 12.6. The van der Waals surface area contributed by atoms with Crippen LogP contribution in [0.1, 0.15) is 11.1 Å². The number of hydrogen-bond donors (Lipinski definition) is 1. The Balaban J connectivity index is 2.07. The molecule has 2 nitrogen and oxygen atoms in total. The van der Waals surface area contributed by atoms with Gasteiger partial charge in [0.15, 0.2) is 0 Å². The monoisotopic (exact) mass is 427 g/mol. The van der Waals surface area contributed by atoms with Crippen LogP contribution < -0.4 is 5.32 Å². The van der Waals surface area contributed by atoms with Crippen molar-refractivity contribution in [2.45, 2.75) is 20.6 Å². The predicted molar refractivity (Wildman–Crippen MR) is 96.4 cm³/mol. The second kappa shape index (κ2) is 8.08. The third-order valence-corrected chi connectivity index (χ3v) is 4.73. The summed E-state index contributed by atoms with van der Waals surface area (Å²) in [6.07, 6.45) is -4.36. The zero-order valence-electron chi connectivity index (χ0n) is 12.4. The first-order valence-electron chi connectivity index (χ1n) is 6.83. The van der Waals surface area contributed by atoms with Gasteiger partial charge in [-0.3, -0.25) is 4.79 Å². The Kier molecular flexibility index (Phi) is 6.54. The van der Waals surface area contributed by atoms with Gasteiger partial charge in [-0.15, -0.1) is 11.8 Å². The number of alkyl halides is 6. The van der Waals surface area contributed by atoms with Gasteiger partial charge in [0, 0.05) is 10.6 Å². The number of rotatable bonds is 4. The summed E-state index contributed by atoms with van der Waals surface area (Å²) < 4.78 is 35.6. The third kappa shape index (κ3) is 5.99. The Morgan fingerprint density at radius 3 is 2.16 bits per heavy atom. The Bertz CT molecular complexity index is 746. The predicted octanol–water partition coefficient (Wildman–Crippen LogP) is 6.31. The maximum Gasteiger partial charge on any atom is 0.416 e. The number of carbonyl (C=O) groups excluding carboxylic acids is 1. The molecule has 0 unspecified atom stereocenters. The van der Waals surface area contributed by atoms with E-state index < -0.39 is 21.4 Å². The van der Waals surface area contributed by atoms with Crippen molar-refractivity contribution in [3.05, 3.63) is 59.7 Å². The lowest BCUT2D eigenvalue weighted by Crippen LogP contribution is -2.27. The molecule has 0 saturated carbocycles. The van der Waals surface area contributed by atoms with Crippen molar-refractivity contribution in [1.82, 2.24) is 0 Å². The molecule has 1 N–H and O–H groups in total. The normalized spacial score (nSPS) is 12.1. The molecule has 0 bridgehead atoms. The van der Waals surface area contributed by atoms with E-state index in [1.807, 2.05) is 0 Å². The number of carbonyl (C=O) groups is 1. The minimum atomic E-state index is -4.36. The van der Waals surface area contributed by atoms with Gasteiger partial charge in [0.25, 0.3) is 9.70 Å². The van der Waals surface area contributed by atoms with Crippen LogP contribution in [0.25, 0.3) is 0 Å². The smallest absolute Gasteiger partial charge is 0.321 e. The molecule has 2 rings (SSSR count). The van der Waals surface area contributed by atoms with E-state index in [-0.39, 0.29) is 0 Å². The minimum absolute atomic E-state index is 0.415. The van der Waals surface area contributed by atoms with Crippen LogP contribution >= 0.6 is 46.6 Å². The van der Waals surface area contributed by atoms with Crippen molar-refractivity contribution in [3.63, 3.8) is 0 Å². The molecule has 0 fully saturated rings. The molecule has 9 heteroatoms. The molecule has 2 aromatic rings. The van der Waals surface area contributed by atoms with E-state index in [4.69, 9.17) is 34.8 Å². The highest BCUT2D eigenvalue weighted by Gasteiger charge is 2.31. The number of halogens is 6. The first-order chi connectivity index (χ1) is 11.6. The number of amides is 1. The summed E-state index contributed by atoms with van der Waals surface area (Å²) in [5, 5.41) is 2.51. The van der Waals surface area contributed by atoms with Crippen molar-refractivity contribution in [2.75, 3.05) is 5.32 Å². The summed E-state index contributed by atoms with van der Waals surface area (Å²) in [7, 11) is 0. The molecule has 0 aromatic heterocycles. The molecule has 0 aliphatic rings. The van der Waals surface area contributed by atoms with Crippen molar-refractivity contribution < 1.29 is 18.0 Å². The lowest BCUT2D eigenvalue weighted by Gasteiger charge is -2.14. The third-order valence-electron chi connectivity index (χ3n) is 3.07. The van der Waals surface area contributed by atoms with Gasteiger partial charge in [-0.1, -0.05) is 59.1 Å². The second-order valence-corrected chi connectivity index (χ2v) is 8.23. The zero-order chi connectivity index (χ0) is 18.7. The van der Waals surface area contributed by atoms with Gasteiger partial charge in [0.2, 0.25) is 0 Å². The van der Waals surface area contributed by atoms with E-state index in [0.717, 1.165) is 12.1 Å². The molecule has 1 amide bonds. The molecule has 0 radical (unpaired) electrons. The van der Waals surface area contributed by atoms with Gasteiger partial charge in [-0.05, 0) is 29.8 Å². The van der Waals surface area contributed by atoms with E-state index in [1.165, 1.54) is 23.9 Å². The number of anilines is 1. The molecule has 134 valence electrons. The van der Waals surface area contributed by atoms with Gasteiger partial charge in [-0.2, -0.15) is 13.2 Å². The molecule has 0 saturated heterocycles. The van der Waals surface area contributed by atoms with Gasteiger partial charge in [0.1, 0.15) is 0 Å². The fourth-order valence-electron chi connectivity index (χ4n) is 1.84. The van der Waals surface area contributed by atoms with E-state index in [2.05, 4.69) is 5.32 Å². The van der Waals surface area contributed by atoms with Crippen molar-refractivity contribution in [2.24, 2.45) is 0 Å². The molecule has 0 aliphatic heterocycles. The molecule has 0 spiro atoms. The number of thioether (sulfide) groups is 1. The van der Waals surface area contributed by atoms with E-state index in [9.17, 15) is 18.0 Å². The SMILES string of the molecule is O=C(Nc1ccccc1SCc1ccc(C(F)(F)F)cc1)C(Cl)(Cl)Cl. The Morgan fingerprint density at radius 2 is 1.60 bits per heavy atom. The summed E-state index contributed by atoms with van der Waals surface area (Å²) in [6, 6.07) is 11.8. The van der Waals surface area contributed by atoms with Crippen LogP contribution in [0.4, 0.5) is 18.9 Å². The highest BCUT2D eigenvalue weighted by Crippen LogP contribution is 2.34. The largest absolute Gasteiger partial charge is 0.416 e. The number of para-hydroxylation sites is 1. The molecule has 2 aromatic carbocycles. The average Bonchev–Trinajstić information content (AvgIpc) is 2.52. The van der Waals surface area contributed by atoms with Gasteiger partial charge in [-0.25, -0.2) is 0 Å². The molecule has 0 aliphatic carbocycles. The standard InChI is InChI=1S/C16H11Cl3F3NOS/c17-15(18,19)14(24)23-12-3-1-2-4-13(12)25-9-10-5-7-11(8-6-10)16(20,21)22/h1-8H,9H2,(H,23,24). The average molecular weight is 429 g/mol. The molecular formula is C16H11Cl3F3NOS. The minimum Gasteiger partial charge on any atom is -0.321 e. The fourth-order valence-corrected chi connectivity index (χ4v) is 2.95. The molecular weight excluding hydrogens is 418 g/mol. The van der Waals surface area contributed by atoms with Crippen LogP contribution in [-0.4, -0.2) is 9.70 Å². The lowest BCUT2D eigenvalue weighted by atomic mass is 10.1. The summed E-state index contributed by atoms with van der Waals surface area (Å²) in [6.45, 7) is 0. The lowest BCUT2D eigenvalue weighted by molar-refractivity contribution is -0.137. The van der Waals surface area contributed by atoms with Crippen LogP contribution in [-0.2, 0) is 16.7 Å². The summed E-state index contributed by atoms with van der Waals surface area (Å²) >= 11 is 17.9. The number of benzene rings is 2. The highest BCUT2D eigenvalue weighted by molar-refractivity contribution is 7.98. The fraction of sp³-hybridized carbons (Fsp3) is 0.188. The summed E-state index contributed by atoms with van der Waals surface area (Å²) in [5.41, 5.74) is 0.466. The Morgan fingerprint density at radius 1 is 1.00 bits per heavy atom. The first kappa shape index (κ1) is 20.2. The van der Waals surface area contributed by atoms with Crippen LogP contribution in [0.15, 0.2) is 53.4 Å². The van der Waals surface area contributed by atoms with Gasteiger partial charge in [0.05, 0.1) is 11.3 Å². The van der Waals surface area contributed by atoms with Crippen LogP contribution in [0.5, 0.6) is 0 Å². The zero-order valence-corrected chi connectivity index (χ0v) is 15.5. The van der Waals surface area contributed by atoms with Crippen molar-refractivity contribution in [3.8, 4) is 0 Å². The van der Waals surface area contributed by atoms with Crippen LogP contribution in [0.2, 0.25) is 0 Å². The highest BCUT2D eigenvalue weighted by atomic mass is 35.6. The Labute approximate surface area is 161 Å². The molecule has 0 heterocycles. The van der Waals surface area contributed by atoms with Crippen LogP contribution in [0.3, 0.4) is 0 Å². The molecule has 0 atom stereocenters.